The molecule has 4 nitrogen and oxygen atoms in total. The third-order valence-corrected chi connectivity index (χ3v) is 3.06. The molecule has 2 N–H and O–H groups in total. The number of nitrogens with zero attached hydrogens (tertiary/aromatic N) is 1. The lowest BCUT2D eigenvalue weighted by Gasteiger charge is -2.48. The van der Waals surface area contributed by atoms with Crippen LogP contribution in [-0.4, -0.2) is 47.2 Å². The predicted molar refractivity (Wildman–Crippen MR) is 64.1 cm³/mol. The lowest BCUT2D eigenvalue weighted by Crippen LogP contribution is -2.66. The lowest BCUT2D eigenvalue weighted by atomic mass is 9.88. The third kappa shape index (κ3) is 3.06. The zero-order valence-electron chi connectivity index (χ0n) is 10.2. The molecule has 0 bridgehead atoms. The second kappa shape index (κ2) is 5.46. The first-order valence-corrected chi connectivity index (χ1v) is 5.87. The second-order valence-corrected chi connectivity index (χ2v) is 4.59. The molecule has 1 amide bonds. The van der Waals surface area contributed by atoms with E-state index in [-0.39, 0.29) is 11.9 Å². The Morgan fingerprint density at radius 3 is 2.81 bits per heavy atom. The fourth-order valence-corrected chi connectivity index (χ4v) is 2.09. The summed E-state index contributed by atoms with van der Waals surface area (Å²) in [5, 5.41) is 12.8. The van der Waals surface area contributed by atoms with Gasteiger partial charge in [-0.2, -0.15) is 0 Å². The summed E-state index contributed by atoms with van der Waals surface area (Å²) < 4.78 is 0. The monoisotopic (exact) mass is 226 g/mol. The molecule has 1 saturated heterocycles. The van der Waals surface area contributed by atoms with Crippen LogP contribution in [0.4, 0.5) is 0 Å². The molecule has 1 unspecified atom stereocenters. The first kappa shape index (κ1) is 13.2. The summed E-state index contributed by atoms with van der Waals surface area (Å²) in [7, 11) is 0. The molecule has 16 heavy (non-hydrogen) atoms. The number of hydrogen-bond acceptors (Lipinski definition) is 3. The number of nitrogens with one attached hydrogen (secondary N) is 1. The number of carbonyl (C=O) groups excluding carboxylic acids is 1. The van der Waals surface area contributed by atoms with Crippen LogP contribution in [0.1, 0.15) is 26.7 Å². The molecule has 0 radical (unpaired) electrons. The maximum Gasteiger partial charge on any atom is 0.237 e. The average Bonchev–Trinajstić information content (AvgIpc) is 2.21. The first-order valence-electron chi connectivity index (χ1n) is 5.87. The van der Waals surface area contributed by atoms with Gasteiger partial charge in [-0.3, -0.25) is 9.69 Å². The molecule has 92 valence electrons. The fraction of sp³-hybridized carbons (Fsp3) is 0.750. The molecule has 0 aromatic rings. The van der Waals surface area contributed by atoms with E-state index in [0.717, 1.165) is 12.8 Å². The lowest BCUT2D eigenvalue weighted by molar-refractivity contribution is -0.143. The maximum absolute atomic E-state index is 11.6. The Labute approximate surface area is 97.3 Å². The highest BCUT2D eigenvalue weighted by molar-refractivity contribution is 5.81. The maximum atomic E-state index is 11.6. The van der Waals surface area contributed by atoms with Gasteiger partial charge in [0, 0.05) is 19.6 Å². The van der Waals surface area contributed by atoms with E-state index < -0.39 is 5.60 Å². The van der Waals surface area contributed by atoms with Crippen LogP contribution in [0.15, 0.2) is 12.7 Å². The number of rotatable bonds is 6. The smallest absolute Gasteiger partial charge is 0.237 e. The van der Waals surface area contributed by atoms with E-state index in [1.165, 1.54) is 0 Å². The summed E-state index contributed by atoms with van der Waals surface area (Å²) in [5.41, 5.74) is -0.568. The predicted octanol–water partition coefficient (Wildman–Crippen LogP) is 0.524. The summed E-state index contributed by atoms with van der Waals surface area (Å²) in [6.45, 7) is 9.17. The molecule has 1 heterocycles. The van der Waals surface area contributed by atoms with Crippen LogP contribution in [0.2, 0.25) is 0 Å². The molecule has 0 aliphatic carbocycles. The molecule has 1 fully saturated rings. The van der Waals surface area contributed by atoms with Crippen LogP contribution >= 0.6 is 0 Å². The summed E-state index contributed by atoms with van der Waals surface area (Å²) in [6, 6.07) is -0.169. The van der Waals surface area contributed by atoms with Gasteiger partial charge in [0.2, 0.25) is 5.91 Å². The van der Waals surface area contributed by atoms with Crippen molar-refractivity contribution < 1.29 is 9.90 Å². The van der Waals surface area contributed by atoms with E-state index in [0.29, 0.717) is 19.6 Å². The topological polar surface area (TPSA) is 52.6 Å². The Bertz CT molecular complexity index is 260. The molecule has 1 atom stereocenters. The van der Waals surface area contributed by atoms with E-state index >= 15 is 0 Å². The van der Waals surface area contributed by atoms with Crippen molar-refractivity contribution >= 4 is 5.91 Å². The highest BCUT2D eigenvalue weighted by Crippen LogP contribution is 2.27. The number of hydrogen-bond donors (Lipinski definition) is 2. The van der Waals surface area contributed by atoms with Crippen molar-refractivity contribution in [2.45, 2.75) is 38.3 Å². The van der Waals surface area contributed by atoms with Crippen LogP contribution in [0.3, 0.4) is 0 Å². The fourth-order valence-electron chi connectivity index (χ4n) is 2.09. The molecule has 0 spiro atoms. The molecule has 1 aliphatic heterocycles. The highest BCUT2D eigenvalue weighted by Gasteiger charge is 2.43. The van der Waals surface area contributed by atoms with Gasteiger partial charge in [-0.1, -0.05) is 19.4 Å². The Morgan fingerprint density at radius 2 is 2.31 bits per heavy atom. The second-order valence-electron chi connectivity index (χ2n) is 4.59. The van der Waals surface area contributed by atoms with Gasteiger partial charge in [-0.15, -0.1) is 6.58 Å². The molecule has 1 rings (SSSR count). The molecular weight excluding hydrogens is 204 g/mol. The zero-order chi connectivity index (χ0) is 12.2. The van der Waals surface area contributed by atoms with Crippen molar-refractivity contribution in [3.63, 3.8) is 0 Å². The average molecular weight is 226 g/mol. The van der Waals surface area contributed by atoms with Crippen LogP contribution in [0.25, 0.3) is 0 Å². The van der Waals surface area contributed by atoms with Crippen molar-refractivity contribution in [2.75, 3.05) is 19.6 Å². The van der Waals surface area contributed by atoms with Crippen molar-refractivity contribution in [3.05, 3.63) is 12.7 Å². The molecule has 4 heteroatoms. The summed E-state index contributed by atoms with van der Waals surface area (Å²) in [6.07, 6.45) is 3.44. The number of aliphatic hydroxyl groups is 1. The van der Waals surface area contributed by atoms with Crippen molar-refractivity contribution in [3.8, 4) is 0 Å². The summed E-state index contributed by atoms with van der Waals surface area (Å²) in [5.74, 6) is -0.00144. The number of β-amino-alcohol motifs (C(OH)–C–C–N with tert-alkyl or cyclic N) is 1. The minimum absolute atomic E-state index is 0.00144. The number of carbonyl (C=O) groups is 1. The van der Waals surface area contributed by atoms with Crippen LogP contribution < -0.4 is 5.32 Å². The normalized spacial score (nSPS) is 20.9. The van der Waals surface area contributed by atoms with Gasteiger partial charge >= 0.3 is 0 Å². The van der Waals surface area contributed by atoms with Gasteiger partial charge in [0.1, 0.15) is 0 Å². The van der Waals surface area contributed by atoms with E-state index in [2.05, 4.69) is 18.8 Å². The van der Waals surface area contributed by atoms with Crippen molar-refractivity contribution in [1.82, 2.24) is 10.2 Å². The van der Waals surface area contributed by atoms with Gasteiger partial charge < -0.3 is 10.4 Å². The molecule has 1 aliphatic rings. The Kier molecular flexibility index (Phi) is 4.50. The summed E-state index contributed by atoms with van der Waals surface area (Å²) >= 11 is 0. The summed E-state index contributed by atoms with van der Waals surface area (Å²) in [4.78, 5) is 13.6. The number of likely N-dealkylation sites (tertiary alicyclic amines) is 1. The molecule has 0 saturated carbocycles. The standard InChI is InChI=1S/C12H22N2O2/c1-4-6-12(16)8-14(9-12)10(3)11(15)13-7-5-2/h5,10,16H,2,4,6-9H2,1,3H3,(H,13,15). The van der Waals surface area contributed by atoms with E-state index in [1.807, 2.05) is 11.8 Å². The minimum atomic E-state index is -0.568. The minimum Gasteiger partial charge on any atom is -0.387 e. The Balaban J connectivity index is 2.33. The van der Waals surface area contributed by atoms with Gasteiger partial charge in [0.05, 0.1) is 11.6 Å². The van der Waals surface area contributed by atoms with Gasteiger partial charge in [0.15, 0.2) is 0 Å². The van der Waals surface area contributed by atoms with Crippen LogP contribution in [0, 0.1) is 0 Å². The van der Waals surface area contributed by atoms with Crippen LogP contribution in [0.5, 0.6) is 0 Å². The largest absolute Gasteiger partial charge is 0.387 e. The SMILES string of the molecule is C=CCNC(=O)C(C)N1CC(O)(CCC)C1. The van der Waals surface area contributed by atoms with E-state index in [9.17, 15) is 9.90 Å². The first-order chi connectivity index (χ1) is 7.52. The van der Waals surface area contributed by atoms with E-state index in [4.69, 9.17) is 0 Å². The van der Waals surface area contributed by atoms with Crippen LogP contribution in [-0.2, 0) is 4.79 Å². The molecular formula is C12H22N2O2. The quantitative estimate of drug-likeness (QED) is 0.649. The van der Waals surface area contributed by atoms with Crippen molar-refractivity contribution in [2.24, 2.45) is 0 Å². The molecule has 0 aromatic heterocycles. The highest BCUT2D eigenvalue weighted by atomic mass is 16.3. The zero-order valence-corrected chi connectivity index (χ0v) is 10.2. The van der Waals surface area contributed by atoms with Crippen molar-refractivity contribution in [1.29, 1.82) is 0 Å². The van der Waals surface area contributed by atoms with Gasteiger partial charge in [-0.05, 0) is 13.3 Å². The van der Waals surface area contributed by atoms with Gasteiger partial charge in [-0.25, -0.2) is 0 Å². The van der Waals surface area contributed by atoms with E-state index in [1.54, 1.807) is 6.08 Å². The third-order valence-electron chi connectivity index (χ3n) is 3.06. The van der Waals surface area contributed by atoms with Gasteiger partial charge in [0.25, 0.3) is 0 Å². The molecule has 0 aromatic carbocycles. The Hall–Kier alpha value is -0.870. The number of amides is 1. The Morgan fingerprint density at radius 1 is 1.69 bits per heavy atom.